The van der Waals surface area contributed by atoms with Gasteiger partial charge in [0.2, 0.25) is 0 Å². The predicted octanol–water partition coefficient (Wildman–Crippen LogP) is 6.75. The summed E-state index contributed by atoms with van der Waals surface area (Å²) in [5.41, 5.74) is 2.95. The van der Waals surface area contributed by atoms with E-state index >= 15 is 0 Å². The second-order valence-corrected chi connectivity index (χ2v) is 11.1. The van der Waals surface area contributed by atoms with Gasteiger partial charge >= 0.3 is 0 Å². The normalized spacial score (nSPS) is 41.2. The van der Waals surface area contributed by atoms with Gasteiger partial charge in [-0.3, -0.25) is 0 Å². The average molecular weight is 432 g/mol. The van der Waals surface area contributed by atoms with E-state index in [9.17, 15) is 14.6 Å². The highest BCUT2D eigenvalue weighted by atomic mass is 19.1. The number of halogens is 1. The summed E-state index contributed by atoms with van der Waals surface area (Å²) >= 11 is 0. The number of rotatable bonds is 6. The third kappa shape index (κ3) is 4.64. The number of alkyl halides is 1. The van der Waals surface area contributed by atoms with Crippen molar-refractivity contribution in [2.75, 3.05) is 0 Å². The van der Waals surface area contributed by atoms with Crippen molar-refractivity contribution in [1.29, 1.82) is 0 Å². The maximum absolute atomic E-state index is 14.2. The van der Waals surface area contributed by atoms with Gasteiger partial charge in [-0.05, 0) is 106 Å². The molecular weight excluding hydrogens is 387 g/mol. The largest absolute Gasteiger partial charge is 0.393 e. The molecule has 4 aliphatic rings. The van der Waals surface area contributed by atoms with E-state index in [1.54, 1.807) is 5.57 Å². The van der Waals surface area contributed by atoms with E-state index in [1.165, 1.54) is 12.5 Å². The number of aliphatic hydroxyl groups is 2. The van der Waals surface area contributed by atoms with Crippen LogP contribution in [0.2, 0.25) is 0 Å². The Labute approximate surface area is 192 Å². The summed E-state index contributed by atoms with van der Waals surface area (Å²) in [5.74, 6) is 0.444. The number of aliphatic hydroxyl groups excluding tert-OH is 1. The highest BCUT2D eigenvalue weighted by Crippen LogP contribution is 2.67. The van der Waals surface area contributed by atoms with Gasteiger partial charge in [0.25, 0.3) is 0 Å². The SMILES string of the molecule is [2H]C([2H])([2H])C(C)(O)CCCC1(C2=CCC3/C(=C/C=C4/CC(O)C[C@H](F)C4=C)CCC[C@]23C)CC1. The standard InChI is InChI=1S/C28H41FO2/c1-19-21(17-22(30)18-24(19)29)9-8-20-7-5-13-27(4)23(20)10-11-25(27)28(15-16-28)14-6-12-26(2,3)31/h8-9,11,22-24,30-31H,1,5-7,10,12-18H2,2-4H3/b20-8+,21-9-/t22?,23?,24-,27-/m0/s1/i2D3/t22?,23?,24-,26?,27-. The van der Waals surface area contributed by atoms with Gasteiger partial charge in [-0.2, -0.15) is 0 Å². The van der Waals surface area contributed by atoms with Crippen molar-refractivity contribution in [1.82, 2.24) is 0 Å². The molecule has 0 aliphatic heterocycles. The maximum atomic E-state index is 14.2. The Morgan fingerprint density at radius 3 is 2.84 bits per heavy atom. The third-order valence-corrected chi connectivity index (χ3v) is 8.52. The van der Waals surface area contributed by atoms with Crippen LogP contribution in [0.4, 0.5) is 4.39 Å². The van der Waals surface area contributed by atoms with Crippen molar-refractivity contribution < 1.29 is 18.7 Å². The summed E-state index contributed by atoms with van der Waals surface area (Å²) in [6.07, 6.45) is 14.0. The van der Waals surface area contributed by atoms with Crippen LogP contribution < -0.4 is 0 Å². The first kappa shape index (κ1) is 19.3. The monoisotopic (exact) mass is 431 g/mol. The molecule has 2 N–H and O–H groups in total. The fourth-order valence-electron chi connectivity index (χ4n) is 6.65. The number of hydrogen-bond acceptors (Lipinski definition) is 2. The molecule has 2 nitrogen and oxygen atoms in total. The zero-order chi connectivity index (χ0) is 24.9. The van der Waals surface area contributed by atoms with Crippen LogP contribution >= 0.6 is 0 Å². The van der Waals surface area contributed by atoms with Gasteiger partial charge in [-0.15, -0.1) is 0 Å². The Morgan fingerprint density at radius 2 is 2.13 bits per heavy atom. The minimum atomic E-state index is -2.35. The van der Waals surface area contributed by atoms with Crippen LogP contribution in [0.25, 0.3) is 0 Å². The molecule has 0 bridgehead atoms. The molecule has 0 spiro atoms. The smallest absolute Gasteiger partial charge is 0.127 e. The van der Waals surface area contributed by atoms with Gasteiger partial charge in [-0.1, -0.05) is 42.9 Å². The molecular formula is C28H41FO2. The van der Waals surface area contributed by atoms with E-state index in [4.69, 9.17) is 4.11 Å². The molecule has 3 fully saturated rings. The second-order valence-electron chi connectivity index (χ2n) is 11.1. The first-order valence-electron chi connectivity index (χ1n) is 13.6. The van der Waals surface area contributed by atoms with Crippen molar-refractivity contribution in [3.05, 3.63) is 47.1 Å². The first-order chi connectivity index (χ1) is 15.8. The molecule has 0 radical (unpaired) electrons. The van der Waals surface area contributed by atoms with Gasteiger partial charge in [0.15, 0.2) is 0 Å². The van der Waals surface area contributed by atoms with E-state index in [2.05, 4.69) is 25.7 Å². The molecule has 3 heteroatoms. The molecule has 4 rings (SSSR count). The Kier molecular flexibility index (Phi) is 5.17. The minimum absolute atomic E-state index is 0.108. The quantitative estimate of drug-likeness (QED) is 0.457. The van der Waals surface area contributed by atoms with Crippen molar-refractivity contribution in [2.24, 2.45) is 16.7 Å². The highest BCUT2D eigenvalue weighted by Gasteiger charge is 2.56. The Morgan fingerprint density at radius 1 is 1.35 bits per heavy atom. The maximum Gasteiger partial charge on any atom is 0.127 e. The zero-order valence-electron chi connectivity index (χ0n) is 22.2. The molecule has 0 aromatic heterocycles. The molecule has 3 saturated carbocycles. The van der Waals surface area contributed by atoms with E-state index < -0.39 is 24.7 Å². The average Bonchev–Trinajstić information content (AvgIpc) is 3.41. The molecule has 0 heterocycles. The van der Waals surface area contributed by atoms with Gasteiger partial charge in [0, 0.05) is 10.5 Å². The minimum Gasteiger partial charge on any atom is -0.393 e. The van der Waals surface area contributed by atoms with Crippen LogP contribution in [0.15, 0.2) is 47.1 Å². The van der Waals surface area contributed by atoms with Crippen LogP contribution in [-0.2, 0) is 0 Å². The summed E-state index contributed by atoms with van der Waals surface area (Å²) in [5, 5.41) is 20.4. The summed E-state index contributed by atoms with van der Waals surface area (Å²) in [6.45, 7) is 5.40. The summed E-state index contributed by atoms with van der Waals surface area (Å²) in [6, 6.07) is 0. The van der Waals surface area contributed by atoms with Crippen LogP contribution in [0.5, 0.6) is 0 Å². The van der Waals surface area contributed by atoms with Crippen LogP contribution in [-0.4, -0.2) is 28.1 Å². The molecule has 5 atom stereocenters. The molecule has 4 aliphatic carbocycles. The first-order valence-corrected chi connectivity index (χ1v) is 12.1. The number of allylic oxidation sites excluding steroid dienone is 6. The lowest BCUT2D eigenvalue weighted by Gasteiger charge is -2.43. The van der Waals surface area contributed by atoms with Crippen molar-refractivity contribution in [3.8, 4) is 0 Å². The molecule has 0 saturated heterocycles. The lowest BCUT2D eigenvalue weighted by atomic mass is 9.61. The fourth-order valence-corrected chi connectivity index (χ4v) is 6.65. The third-order valence-electron chi connectivity index (χ3n) is 8.52. The fraction of sp³-hybridized carbons (Fsp3) is 0.714. The van der Waals surface area contributed by atoms with Crippen LogP contribution in [0.3, 0.4) is 0 Å². The summed E-state index contributed by atoms with van der Waals surface area (Å²) in [4.78, 5) is 0. The predicted molar refractivity (Wildman–Crippen MR) is 125 cm³/mol. The van der Waals surface area contributed by atoms with E-state index in [0.29, 0.717) is 30.8 Å². The Balaban J connectivity index is 1.47. The summed E-state index contributed by atoms with van der Waals surface area (Å²) < 4.78 is 37.0. The van der Waals surface area contributed by atoms with Gasteiger partial charge in [0.05, 0.1) is 11.7 Å². The van der Waals surface area contributed by atoms with Crippen molar-refractivity contribution in [2.45, 2.75) is 109 Å². The van der Waals surface area contributed by atoms with Crippen molar-refractivity contribution >= 4 is 0 Å². The Hall–Kier alpha value is -1.19. The molecule has 31 heavy (non-hydrogen) atoms. The topological polar surface area (TPSA) is 40.5 Å². The highest BCUT2D eigenvalue weighted by molar-refractivity contribution is 5.42. The van der Waals surface area contributed by atoms with Crippen LogP contribution in [0.1, 0.15) is 95.4 Å². The van der Waals surface area contributed by atoms with Gasteiger partial charge in [0.1, 0.15) is 6.17 Å². The van der Waals surface area contributed by atoms with Crippen molar-refractivity contribution in [3.63, 3.8) is 0 Å². The van der Waals surface area contributed by atoms with E-state index in [-0.39, 0.29) is 17.3 Å². The molecule has 0 aromatic rings. The Bertz CT molecular complexity index is 909. The van der Waals surface area contributed by atoms with E-state index in [1.807, 2.05) is 6.08 Å². The van der Waals surface area contributed by atoms with E-state index in [0.717, 1.165) is 50.5 Å². The lowest BCUT2D eigenvalue weighted by molar-refractivity contribution is 0.0664. The molecule has 3 unspecified atom stereocenters. The molecule has 0 amide bonds. The zero-order valence-corrected chi connectivity index (χ0v) is 19.2. The second kappa shape index (κ2) is 8.30. The lowest BCUT2D eigenvalue weighted by Crippen LogP contribution is -2.33. The molecule has 172 valence electrons. The number of fused-ring (bicyclic) bond motifs is 1. The van der Waals surface area contributed by atoms with Gasteiger partial charge < -0.3 is 10.2 Å². The molecule has 0 aromatic carbocycles. The van der Waals surface area contributed by atoms with Crippen LogP contribution in [0, 0.1) is 16.7 Å². The van der Waals surface area contributed by atoms with Gasteiger partial charge in [-0.25, -0.2) is 4.39 Å². The number of hydrogen-bond donors (Lipinski definition) is 2. The summed E-state index contributed by atoms with van der Waals surface area (Å²) in [7, 11) is 0.